The monoisotopic (exact) mass is 398 g/mol. The molecule has 154 valence electrons. The Labute approximate surface area is 169 Å². The molecule has 1 amide bonds. The molecule has 2 aromatic rings. The Morgan fingerprint density at radius 3 is 2.38 bits per heavy atom. The topological polar surface area (TPSA) is 99.1 Å². The predicted octanol–water partition coefficient (Wildman–Crippen LogP) is 2.15. The van der Waals surface area contributed by atoms with Crippen LogP contribution in [0.4, 0.5) is 0 Å². The molecule has 7 heteroatoms. The van der Waals surface area contributed by atoms with Crippen LogP contribution in [0.5, 0.6) is 5.75 Å². The number of carbonyl (C=O) groups is 2. The summed E-state index contributed by atoms with van der Waals surface area (Å²) in [4.78, 5) is 25.8. The Hall–Kier alpha value is -2.90. The highest BCUT2D eigenvalue weighted by atomic mass is 16.5. The number of rotatable bonds is 6. The Morgan fingerprint density at radius 1 is 1.10 bits per heavy atom. The zero-order valence-corrected chi connectivity index (χ0v) is 16.4. The first-order chi connectivity index (χ1) is 14.0. The molecule has 0 saturated carbocycles. The number of carboxylic acid groups (broad SMARTS) is 1. The van der Waals surface area contributed by atoms with Crippen molar-refractivity contribution in [1.82, 2.24) is 10.2 Å². The van der Waals surface area contributed by atoms with Crippen molar-refractivity contribution in [2.45, 2.75) is 31.5 Å². The average molecular weight is 398 g/mol. The van der Waals surface area contributed by atoms with Crippen molar-refractivity contribution < 1.29 is 24.5 Å². The number of nitrogens with zero attached hydrogens (tertiary/aromatic N) is 1. The second-order valence-electron chi connectivity index (χ2n) is 7.26. The molecule has 3 N–H and O–H groups in total. The van der Waals surface area contributed by atoms with Gasteiger partial charge in [-0.2, -0.15) is 0 Å². The zero-order valence-electron chi connectivity index (χ0n) is 16.4. The summed E-state index contributed by atoms with van der Waals surface area (Å²) in [6.07, 6.45) is 0.822. The van der Waals surface area contributed by atoms with Gasteiger partial charge in [0.1, 0.15) is 5.75 Å². The molecule has 29 heavy (non-hydrogen) atoms. The van der Waals surface area contributed by atoms with E-state index in [9.17, 15) is 14.7 Å². The standard InChI is InChI=1S/C22H26N2O5/c1-29-18-10-8-16(9-11-18)21(26)23-19-14-24(12-2-3-20(19)25)13-15-4-6-17(7-5-15)22(27)28/h4-11,19-20,25H,2-3,12-14H2,1H3,(H,23,26)(H,27,28)/t19-,20+/m0/s1. The first kappa shape index (κ1) is 20.8. The summed E-state index contributed by atoms with van der Waals surface area (Å²) in [5.41, 5.74) is 1.76. The van der Waals surface area contributed by atoms with Gasteiger partial charge in [0.2, 0.25) is 0 Å². The third-order valence-corrected chi connectivity index (χ3v) is 5.17. The smallest absolute Gasteiger partial charge is 0.335 e. The largest absolute Gasteiger partial charge is 0.497 e. The van der Waals surface area contributed by atoms with Crippen molar-refractivity contribution in [2.75, 3.05) is 20.2 Å². The van der Waals surface area contributed by atoms with E-state index in [0.717, 1.165) is 18.5 Å². The van der Waals surface area contributed by atoms with Crippen molar-refractivity contribution >= 4 is 11.9 Å². The lowest BCUT2D eigenvalue weighted by Gasteiger charge is -2.27. The van der Waals surface area contributed by atoms with Crippen LogP contribution in [0.2, 0.25) is 0 Å². The summed E-state index contributed by atoms with van der Waals surface area (Å²) >= 11 is 0. The van der Waals surface area contributed by atoms with Crippen molar-refractivity contribution in [3.8, 4) is 5.75 Å². The van der Waals surface area contributed by atoms with Crippen LogP contribution < -0.4 is 10.1 Å². The van der Waals surface area contributed by atoms with Gasteiger partial charge in [0.15, 0.2) is 0 Å². The highest BCUT2D eigenvalue weighted by Crippen LogP contribution is 2.17. The third kappa shape index (κ3) is 5.56. The SMILES string of the molecule is COc1ccc(C(=O)N[C@H]2CN(Cc3ccc(C(=O)O)cc3)CCC[C@H]2O)cc1. The van der Waals surface area contributed by atoms with Gasteiger partial charge in [-0.3, -0.25) is 9.69 Å². The number of carbonyl (C=O) groups excluding carboxylic acids is 1. The maximum atomic E-state index is 12.6. The second kappa shape index (κ2) is 9.54. The molecule has 0 bridgehead atoms. The molecule has 0 radical (unpaired) electrons. The number of amides is 1. The Kier molecular flexibility index (Phi) is 6.85. The van der Waals surface area contributed by atoms with Gasteiger partial charge in [-0.25, -0.2) is 4.79 Å². The quantitative estimate of drug-likeness (QED) is 0.690. The third-order valence-electron chi connectivity index (χ3n) is 5.17. The van der Waals surface area contributed by atoms with Gasteiger partial charge in [-0.15, -0.1) is 0 Å². The fourth-order valence-corrected chi connectivity index (χ4v) is 3.51. The molecule has 1 fully saturated rings. The summed E-state index contributed by atoms with van der Waals surface area (Å²) < 4.78 is 5.11. The summed E-state index contributed by atoms with van der Waals surface area (Å²) in [5, 5.41) is 22.5. The van der Waals surface area contributed by atoms with Crippen LogP contribution in [-0.2, 0) is 6.54 Å². The molecule has 0 aromatic heterocycles. The number of nitrogens with one attached hydrogen (secondary N) is 1. The van der Waals surface area contributed by atoms with E-state index >= 15 is 0 Å². The van der Waals surface area contributed by atoms with Crippen LogP contribution in [-0.4, -0.2) is 59.3 Å². The predicted molar refractivity (Wildman–Crippen MR) is 108 cm³/mol. The van der Waals surface area contributed by atoms with Gasteiger partial charge in [-0.05, 0) is 61.3 Å². The molecule has 1 heterocycles. The lowest BCUT2D eigenvalue weighted by Crippen LogP contribution is -2.48. The Morgan fingerprint density at radius 2 is 1.76 bits per heavy atom. The summed E-state index contributed by atoms with van der Waals surface area (Å²) in [6, 6.07) is 13.2. The molecule has 1 aliphatic heterocycles. The van der Waals surface area contributed by atoms with Gasteiger partial charge in [-0.1, -0.05) is 12.1 Å². The minimum atomic E-state index is -0.948. The minimum absolute atomic E-state index is 0.232. The maximum absolute atomic E-state index is 12.6. The first-order valence-corrected chi connectivity index (χ1v) is 9.64. The van der Waals surface area contributed by atoms with Crippen molar-refractivity contribution in [2.24, 2.45) is 0 Å². The van der Waals surface area contributed by atoms with Gasteiger partial charge >= 0.3 is 5.97 Å². The fraction of sp³-hybridized carbons (Fsp3) is 0.364. The molecule has 0 unspecified atom stereocenters. The van der Waals surface area contributed by atoms with Crippen molar-refractivity contribution in [1.29, 1.82) is 0 Å². The van der Waals surface area contributed by atoms with E-state index in [1.54, 1.807) is 55.6 Å². The summed E-state index contributed by atoms with van der Waals surface area (Å²) in [6.45, 7) is 1.94. The molecule has 3 rings (SSSR count). The van der Waals surface area contributed by atoms with Gasteiger partial charge in [0, 0.05) is 18.7 Å². The lowest BCUT2D eigenvalue weighted by molar-refractivity contribution is 0.0696. The summed E-state index contributed by atoms with van der Waals surface area (Å²) in [5.74, 6) is -0.503. The molecule has 2 aromatic carbocycles. The first-order valence-electron chi connectivity index (χ1n) is 9.64. The molecular weight excluding hydrogens is 372 g/mol. The number of aliphatic hydroxyl groups is 1. The Bertz CT molecular complexity index is 835. The van der Waals surface area contributed by atoms with E-state index in [0.29, 0.717) is 30.8 Å². The van der Waals surface area contributed by atoms with E-state index < -0.39 is 12.1 Å². The van der Waals surface area contributed by atoms with Gasteiger partial charge < -0.3 is 20.3 Å². The van der Waals surface area contributed by atoms with Crippen LogP contribution in [0.15, 0.2) is 48.5 Å². The van der Waals surface area contributed by atoms with Crippen LogP contribution >= 0.6 is 0 Å². The molecule has 2 atom stereocenters. The van der Waals surface area contributed by atoms with Crippen LogP contribution in [0, 0.1) is 0 Å². The van der Waals surface area contributed by atoms with Crippen LogP contribution in [0.25, 0.3) is 0 Å². The van der Waals surface area contributed by atoms with Crippen LogP contribution in [0.3, 0.4) is 0 Å². The Balaban J connectivity index is 1.64. The second-order valence-corrected chi connectivity index (χ2v) is 7.26. The summed E-state index contributed by atoms with van der Waals surface area (Å²) in [7, 11) is 1.57. The fourth-order valence-electron chi connectivity index (χ4n) is 3.51. The van der Waals surface area contributed by atoms with Crippen molar-refractivity contribution in [3.05, 3.63) is 65.2 Å². The highest BCUT2D eigenvalue weighted by molar-refractivity contribution is 5.94. The minimum Gasteiger partial charge on any atom is -0.497 e. The molecule has 0 aliphatic carbocycles. The van der Waals surface area contributed by atoms with E-state index in [2.05, 4.69) is 10.2 Å². The zero-order chi connectivity index (χ0) is 20.8. The number of ether oxygens (including phenoxy) is 1. The number of methoxy groups -OCH3 is 1. The van der Waals surface area contributed by atoms with Crippen molar-refractivity contribution in [3.63, 3.8) is 0 Å². The van der Waals surface area contributed by atoms with Gasteiger partial charge in [0.25, 0.3) is 5.91 Å². The average Bonchev–Trinajstić information content (AvgIpc) is 2.89. The molecule has 7 nitrogen and oxygen atoms in total. The number of likely N-dealkylation sites (tertiary alicyclic amines) is 1. The molecule has 0 spiro atoms. The van der Waals surface area contributed by atoms with E-state index in [-0.39, 0.29) is 17.5 Å². The highest BCUT2D eigenvalue weighted by Gasteiger charge is 2.27. The van der Waals surface area contributed by atoms with E-state index in [1.165, 1.54) is 0 Å². The maximum Gasteiger partial charge on any atom is 0.335 e. The number of hydrogen-bond acceptors (Lipinski definition) is 5. The van der Waals surface area contributed by atoms with Crippen LogP contribution in [0.1, 0.15) is 39.1 Å². The van der Waals surface area contributed by atoms with E-state index in [1.807, 2.05) is 0 Å². The lowest BCUT2D eigenvalue weighted by atomic mass is 10.1. The number of carboxylic acids is 1. The molecule has 1 aliphatic rings. The van der Waals surface area contributed by atoms with E-state index in [4.69, 9.17) is 9.84 Å². The normalized spacial score (nSPS) is 19.9. The van der Waals surface area contributed by atoms with Gasteiger partial charge in [0.05, 0.1) is 24.8 Å². The number of aromatic carboxylic acids is 1. The number of aliphatic hydroxyl groups excluding tert-OH is 1. The number of benzene rings is 2. The molecule has 1 saturated heterocycles. The molecular formula is C22H26N2O5. The number of hydrogen-bond donors (Lipinski definition) is 3.